The molecule has 2 aromatic rings. The highest BCUT2D eigenvalue weighted by Gasteiger charge is 2.11. The Kier molecular flexibility index (Phi) is 8.49. The molecule has 0 aromatic heterocycles. The van der Waals surface area contributed by atoms with Crippen molar-refractivity contribution in [2.45, 2.75) is 19.4 Å². The number of ether oxygens (including phenoxy) is 3. The van der Waals surface area contributed by atoms with E-state index in [2.05, 4.69) is 26.2 Å². The van der Waals surface area contributed by atoms with Crippen LogP contribution < -0.4 is 25.3 Å². The maximum atomic E-state index is 5.99. The van der Waals surface area contributed by atoms with Crippen LogP contribution in [0.3, 0.4) is 0 Å². The maximum Gasteiger partial charge on any atom is 0.193 e. The van der Waals surface area contributed by atoms with Crippen LogP contribution in [0.25, 0.3) is 0 Å². The molecular weight excluding hydrogens is 525 g/mol. The fraction of sp³-hybridized carbons (Fsp3) is 0.316. The first-order valence-electron chi connectivity index (χ1n) is 8.49. The molecule has 2 aromatic carbocycles. The maximum absolute atomic E-state index is 5.99. The van der Waals surface area contributed by atoms with Crippen molar-refractivity contribution < 1.29 is 14.2 Å². The van der Waals surface area contributed by atoms with E-state index in [1.54, 1.807) is 0 Å². The smallest absolute Gasteiger partial charge is 0.193 e. The fourth-order valence-corrected chi connectivity index (χ4v) is 2.83. The van der Waals surface area contributed by atoms with Gasteiger partial charge in [0.2, 0.25) is 0 Å². The predicted octanol–water partition coefficient (Wildman–Crippen LogP) is 4.42. The third kappa shape index (κ3) is 6.46. The molecule has 1 aliphatic rings. The van der Waals surface area contributed by atoms with E-state index in [1.807, 2.05) is 49.4 Å². The van der Waals surface area contributed by atoms with E-state index in [4.69, 9.17) is 19.9 Å². The first kappa shape index (κ1) is 21.6. The van der Waals surface area contributed by atoms with Crippen molar-refractivity contribution in [3.63, 3.8) is 0 Å². The molecule has 1 aliphatic heterocycles. The van der Waals surface area contributed by atoms with E-state index in [1.165, 1.54) is 0 Å². The second-order valence-corrected chi connectivity index (χ2v) is 6.78. The summed E-state index contributed by atoms with van der Waals surface area (Å²) in [5, 5.41) is 3.07. The molecule has 1 atom stereocenters. The molecule has 1 unspecified atom stereocenters. The van der Waals surface area contributed by atoms with Crippen molar-refractivity contribution in [2.24, 2.45) is 10.7 Å². The van der Waals surface area contributed by atoms with Gasteiger partial charge in [0.05, 0.1) is 24.2 Å². The molecule has 0 radical (unpaired) electrons. The van der Waals surface area contributed by atoms with E-state index in [-0.39, 0.29) is 30.1 Å². The molecule has 3 N–H and O–H groups in total. The first-order valence-corrected chi connectivity index (χ1v) is 9.29. The van der Waals surface area contributed by atoms with Gasteiger partial charge in [0.1, 0.15) is 11.9 Å². The van der Waals surface area contributed by atoms with Gasteiger partial charge >= 0.3 is 0 Å². The molecule has 0 fully saturated rings. The molecule has 0 aliphatic carbocycles. The van der Waals surface area contributed by atoms with E-state index in [9.17, 15) is 0 Å². The zero-order valence-electron chi connectivity index (χ0n) is 15.0. The van der Waals surface area contributed by atoms with Gasteiger partial charge in [-0.3, -0.25) is 0 Å². The van der Waals surface area contributed by atoms with Gasteiger partial charge in [0.15, 0.2) is 17.5 Å². The van der Waals surface area contributed by atoms with E-state index in [0.29, 0.717) is 31.5 Å². The van der Waals surface area contributed by atoms with Gasteiger partial charge < -0.3 is 25.3 Å². The molecule has 0 bridgehead atoms. The second-order valence-electron chi connectivity index (χ2n) is 5.92. The van der Waals surface area contributed by atoms with Crippen molar-refractivity contribution in [2.75, 3.05) is 25.1 Å². The van der Waals surface area contributed by atoms with Crippen LogP contribution in [0.15, 0.2) is 51.9 Å². The summed E-state index contributed by atoms with van der Waals surface area (Å²) in [5.41, 5.74) is 6.79. The third-order valence-corrected chi connectivity index (χ3v) is 4.36. The highest BCUT2D eigenvalue weighted by molar-refractivity contribution is 14.0. The highest BCUT2D eigenvalue weighted by Crippen LogP contribution is 2.32. The number of aliphatic imine (C=N–C) groups is 1. The summed E-state index contributed by atoms with van der Waals surface area (Å²) >= 11 is 3.46. The molecular formula is C19H23BrIN3O3. The van der Waals surface area contributed by atoms with Crippen LogP contribution in [0, 0.1) is 0 Å². The number of anilines is 1. The van der Waals surface area contributed by atoms with Crippen LogP contribution in [-0.2, 0) is 0 Å². The summed E-state index contributed by atoms with van der Waals surface area (Å²) < 4.78 is 18.1. The number of benzene rings is 2. The Morgan fingerprint density at radius 1 is 1.22 bits per heavy atom. The van der Waals surface area contributed by atoms with Crippen molar-refractivity contribution in [3.8, 4) is 17.2 Å². The SMILES string of the molecule is CC(CN=C(N)Nc1ccc2c(c1)OCCCO2)Oc1ccccc1Br.I. The van der Waals surface area contributed by atoms with Gasteiger partial charge in [0.25, 0.3) is 0 Å². The van der Waals surface area contributed by atoms with Crippen LogP contribution in [0.5, 0.6) is 17.2 Å². The number of hydrogen-bond acceptors (Lipinski definition) is 4. The summed E-state index contributed by atoms with van der Waals surface area (Å²) in [6.45, 7) is 3.69. The molecule has 0 amide bonds. The highest BCUT2D eigenvalue weighted by atomic mass is 127. The Labute approximate surface area is 184 Å². The molecule has 1 heterocycles. The van der Waals surface area contributed by atoms with E-state index in [0.717, 1.165) is 28.1 Å². The summed E-state index contributed by atoms with van der Waals surface area (Å²) in [4.78, 5) is 4.35. The molecule has 3 rings (SSSR count). The molecule has 146 valence electrons. The quantitative estimate of drug-likeness (QED) is 0.329. The van der Waals surface area contributed by atoms with Crippen LogP contribution in [0.2, 0.25) is 0 Å². The second kappa shape index (κ2) is 10.6. The Morgan fingerprint density at radius 3 is 2.74 bits per heavy atom. The lowest BCUT2D eigenvalue weighted by Gasteiger charge is -2.14. The van der Waals surface area contributed by atoms with Crippen molar-refractivity contribution in [1.82, 2.24) is 0 Å². The third-order valence-electron chi connectivity index (χ3n) is 3.70. The zero-order valence-corrected chi connectivity index (χ0v) is 18.9. The van der Waals surface area contributed by atoms with E-state index < -0.39 is 0 Å². The van der Waals surface area contributed by atoms with Gasteiger partial charge in [-0.1, -0.05) is 12.1 Å². The van der Waals surface area contributed by atoms with Gasteiger partial charge in [-0.15, -0.1) is 24.0 Å². The number of nitrogens with two attached hydrogens (primary N) is 1. The van der Waals surface area contributed by atoms with Gasteiger partial charge in [-0.25, -0.2) is 4.99 Å². The number of fused-ring (bicyclic) bond motifs is 1. The molecule has 6 nitrogen and oxygen atoms in total. The largest absolute Gasteiger partial charge is 0.490 e. The van der Waals surface area contributed by atoms with Crippen molar-refractivity contribution >= 4 is 51.6 Å². The zero-order chi connectivity index (χ0) is 18.4. The summed E-state index contributed by atoms with van der Waals surface area (Å²) in [6, 6.07) is 13.3. The summed E-state index contributed by atoms with van der Waals surface area (Å²) in [6.07, 6.45) is 0.758. The number of guanidine groups is 1. The molecule has 0 spiro atoms. The molecule has 8 heteroatoms. The standard InChI is InChI=1S/C19H22BrN3O3.HI/c1-13(26-16-6-3-2-5-15(16)20)12-22-19(21)23-14-7-8-17-18(11-14)25-10-4-9-24-17;/h2-3,5-8,11,13H,4,9-10,12H2,1H3,(H3,21,22,23);1H. The van der Waals surface area contributed by atoms with Gasteiger partial charge in [-0.05, 0) is 47.1 Å². The summed E-state index contributed by atoms with van der Waals surface area (Å²) in [7, 11) is 0. The number of halogens is 2. The van der Waals surface area contributed by atoms with Crippen LogP contribution in [0.4, 0.5) is 5.69 Å². The number of nitrogens with one attached hydrogen (secondary N) is 1. The number of hydrogen-bond donors (Lipinski definition) is 2. The van der Waals surface area contributed by atoms with E-state index >= 15 is 0 Å². The molecule has 27 heavy (non-hydrogen) atoms. The van der Waals surface area contributed by atoms with Gasteiger partial charge in [0, 0.05) is 18.2 Å². The van der Waals surface area contributed by atoms with Crippen LogP contribution in [0.1, 0.15) is 13.3 Å². The average molecular weight is 548 g/mol. The van der Waals surface area contributed by atoms with Crippen LogP contribution in [-0.4, -0.2) is 31.8 Å². The van der Waals surface area contributed by atoms with Crippen LogP contribution >= 0.6 is 39.9 Å². The lowest BCUT2D eigenvalue weighted by Crippen LogP contribution is -2.25. The lowest BCUT2D eigenvalue weighted by molar-refractivity contribution is 0.229. The minimum absolute atomic E-state index is 0. The average Bonchev–Trinajstić information content (AvgIpc) is 2.87. The topological polar surface area (TPSA) is 78.1 Å². The molecule has 0 saturated heterocycles. The Bertz CT molecular complexity index is 789. The van der Waals surface area contributed by atoms with Crippen molar-refractivity contribution in [3.05, 3.63) is 46.9 Å². The Morgan fingerprint density at radius 2 is 1.96 bits per heavy atom. The minimum atomic E-state index is -0.113. The predicted molar refractivity (Wildman–Crippen MR) is 122 cm³/mol. The summed E-state index contributed by atoms with van der Waals surface area (Å²) in [5.74, 6) is 2.57. The molecule has 0 saturated carbocycles. The number of rotatable bonds is 5. The minimum Gasteiger partial charge on any atom is -0.490 e. The normalized spacial score (nSPS) is 14.5. The van der Waals surface area contributed by atoms with Gasteiger partial charge in [-0.2, -0.15) is 0 Å². The number of nitrogens with zero attached hydrogens (tertiary/aromatic N) is 1. The Hall–Kier alpha value is -1.68. The van der Waals surface area contributed by atoms with Crippen molar-refractivity contribution in [1.29, 1.82) is 0 Å². The fourth-order valence-electron chi connectivity index (χ4n) is 2.45. The lowest BCUT2D eigenvalue weighted by atomic mass is 10.3. The monoisotopic (exact) mass is 547 g/mol. The Balaban J connectivity index is 0.00000261. The first-order chi connectivity index (χ1) is 12.6. The number of para-hydroxylation sites is 1.